The van der Waals surface area contributed by atoms with E-state index in [2.05, 4.69) is 31.0 Å². The smallest absolute Gasteiger partial charge is 0.228 e. The van der Waals surface area contributed by atoms with Crippen molar-refractivity contribution in [1.29, 1.82) is 0 Å². The zero-order valence-electron chi connectivity index (χ0n) is 22.5. The third-order valence-corrected chi connectivity index (χ3v) is 8.05. The van der Waals surface area contributed by atoms with Crippen molar-refractivity contribution in [1.82, 2.24) is 20.4 Å². The third kappa shape index (κ3) is 9.44. The topological polar surface area (TPSA) is 191 Å². The van der Waals surface area contributed by atoms with Crippen LogP contribution < -0.4 is 10.6 Å². The van der Waals surface area contributed by atoms with E-state index in [9.17, 15) is 30.0 Å². The van der Waals surface area contributed by atoms with Crippen LogP contribution in [0.3, 0.4) is 0 Å². The average Bonchev–Trinajstić information content (AvgIpc) is 3.64. The summed E-state index contributed by atoms with van der Waals surface area (Å²) in [7, 11) is 0. The van der Waals surface area contributed by atoms with Crippen molar-refractivity contribution in [2.45, 2.75) is 62.9 Å². The Morgan fingerprint density at radius 3 is 1.38 bits per heavy atom. The molecule has 0 saturated carbocycles. The number of nitrogens with zero attached hydrogens (tertiary/aromatic N) is 4. The molecule has 0 fully saturated rings. The quantitative estimate of drug-likeness (QED) is 0.109. The third-order valence-electron chi connectivity index (χ3n) is 6.26. The van der Waals surface area contributed by atoms with Crippen LogP contribution in [0, 0.1) is 0 Å². The van der Waals surface area contributed by atoms with E-state index in [4.69, 9.17) is 0 Å². The zero-order valence-corrected chi connectivity index (χ0v) is 24.2. The second-order valence-electron chi connectivity index (χ2n) is 9.56. The predicted molar refractivity (Wildman–Crippen MR) is 158 cm³/mol. The van der Waals surface area contributed by atoms with Crippen LogP contribution in [0.1, 0.15) is 59.0 Å². The lowest BCUT2D eigenvalue weighted by Gasteiger charge is -2.17. The minimum Gasteiger partial charge on any atom is -0.390 e. The fourth-order valence-electron chi connectivity index (χ4n) is 4.05. The van der Waals surface area contributed by atoms with Crippen molar-refractivity contribution in [3.63, 3.8) is 0 Å². The van der Waals surface area contributed by atoms with Gasteiger partial charge in [-0.3, -0.25) is 9.59 Å². The highest BCUT2D eigenvalue weighted by atomic mass is 32.1. The van der Waals surface area contributed by atoms with Gasteiger partial charge in [-0.2, -0.15) is 0 Å². The molecule has 0 bridgehead atoms. The molecule has 0 saturated heterocycles. The van der Waals surface area contributed by atoms with Gasteiger partial charge in [0.2, 0.25) is 22.1 Å². The lowest BCUT2D eigenvalue weighted by molar-refractivity contribution is -0.120. The van der Waals surface area contributed by atoms with E-state index in [1.807, 2.05) is 0 Å². The molecule has 4 aromatic rings. The fraction of sp³-hybridized carbons (Fsp3) is 0.357. The summed E-state index contributed by atoms with van der Waals surface area (Å²) in [5, 5.41) is 64.4. The summed E-state index contributed by atoms with van der Waals surface area (Å²) >= 11 is 2.49. The molecule has 0 aliphatic heterocycles. The van der Waals surface area contributed by atoms with Gasteiger partial charge in [0, 0.05) is 12.8 Å². The van der Waals surface area contributed by atoms with Crippen molar-refractivity contribution in [3.8, 4) is 0 Å². The minimum atomic E-state index is -1.26. The lowest BCUT2D eigenvalue weighted by Crippen LogP contribution is -2.25. The number of aliphatic hydroxyl groups is 4. The van der Waals surface area contributed by atoms with Gasteiger partial charge in [0.1, 0.15) is 22.2 Å². The molecule has 42 heavy (non-hydrogen) atoms. The molecule has 2 amide bonds. The van der Waals surface area contributed by atoms with E-state index < -0.39 is 36.2 Å². The molecule has 0 radical (unpaired) electrons. The van der Waals surface area contributed by atoms with Gasteiger partial charge < -0.3 is 31.1 Å². The Hall–Kier alpha value is -3.66. The summed E-state index contributed by atoms with van der Waals surface area (Å²) in [5.41, 5.74) is 1.06. The summed E-state index contributed by atoms with van der Waals surface area (Å²) in [4.78, 5) is 24.6. The average molecular weight is 613 g/mol. The number of hydrogen-bond donors (Lipinski definition) is 6. The number of aliphatic hydroxyl groups excluding tert-OH is 4. The van der Waals surface area contributed by atoms with Gasteiger partial charge in [-0.1, -0.05) is 83.3 Å². The van der Waals surface area contributed by atoms with Crippen LogP contribution >= 0.6 is 22.7 Å². The highest BCUT2D eigenvalue weighted by molar-refractivity contribution is 7.15. The Morgan fingerprint density at radius 1 is 0.619 bits per heavy atom. The second kappa shape index (κ2) is 15.5. The molecule has 14 heteroatoms. The molecule has 0 unspecified atom stereocenters. The van der Waals surface area contributed by atoms with Crippen molar-refractivity contribution >= 4 is 44.8 Å². The Morgan fingerprint density at radius 2 is 1.00 bits per heavy atom. The van der Waals surface area contributed by atoms with Crippen molar-refractivity contribution in [2.24, 2.45) is 0 Å². The molecule has 0 aliphatic rings. The van der Waals surface area contributed by atoms with Crippen LogP contribution in [-0.2, 0) is 22.4 Å². The first kappa shape index (κ1) is 31.3. The first-order valence-electron chi connectivity index (χ1n) is 13.3. The number of amides is 2. The van der Waals surface area contributed by atoms with E-state index >= 15 is 0 Å². The normalized spacial score (nSPS) is 14.1. The number of carbonyl (C=O) groups is 2. The van der Waals surface area contributed by atoms with E-state index in [0.717, 1.165) is 22.9 Å². The summed E-state index contributed by atoms with van der Waals surface area (Å²) < 4.78 is 0. The fourth-order valence-corrected chi connectivity index (χ4v) is 5.65. The van der Waals surface area contributed by atoms with Crippen molar-refractivity contribution < 1.29 is 30.0 Å². The molecule has 6 N–H and O–H groups in total. The lowest BCUT2D eigenvalue weighted by atomic mass is 10.0. The van der Waals surface area contributed by atoms with E-state index in [1.54, 1.807) is 60.7 Å². The molecule has 4 rings (SSSR count). The number of unbranched alkanes of at least 4 members (excludes halogenated alkanes) is 1. The standard InChI is InChI=1S/C28H32N6O6S2/c35-19(25(39)17-9-3-1-4-10-17)15-21(37)29-27-33-31-23(41-27)13-7-8-14-24-32-34-28(42-24)30-22(38)16-20(36)26(40)18-11-5-2-6-12-18/h1-6,9-12,19-20,25-26,35-36,39-40H,7-8,13-16H2,(H,29,33,37)(H,30,34,38)/t19-,20-,25-,26-/m0/s1. The maximum atomic E-state index is 12.3. The molecular formula is C28H32N6O6S2. The first-order valence-corrected chi connectivity index (χ1v) is 15.0. The monoisotopic (exact) mass is 612 g/mol. The summed E-state index contributed by atoms with van der Waals surface area (Å²) in [5.74, 6) is -0.942. The summed E-state index contributed by atoms with van der Waals surface area (Å²) in [6, 6.07) is 17.3. The number of aromatic nitrogens is 4. The number of carbonyl (C=O) groups excluding carboxylic acids is 2. The number of benzene rings is 2. The minimum absolute atomic E-state index is 0.286. The maximum Gasteiger partial charge on any atom is 0.228 e. The molecule has 0 spiro atoms. The Labute approximate surface area is 250 Å². The van der Waals surface area contributed by atoms with Gasteiger partial charge in [-0.05, 0) is 24.0 Å². The molecule has 0 aliphatic carbocycles. The van der Waals surface area contributed by atoms with Crippen LogP contribution in [0.5, 0.6) is 0 Å². The number of anilines is 2. The van der Waals surface area contributed by atoms with Crippen molar-refractivity contribution in [3.05, 3.63) is 81.8 Å². The predicted octanol–water partition coefficient (Wildman–Crippen LogP) is 2.80. The largest absolute Gasteiger partial charge is 0.390 e. The molecule has 222 valence electrons. The van der Waals surface area contributed by atoms with E-state index in [0.29, 0.717) is 34.2 Å². The SMILES string of the molecule is O=C(C[C@H](O)[C@@H](O)c1ccccc1)Nc1nnc(CCCCc2nnc(NC(=O)C[C@H](O)[C@@H](O)c3ccccc3)s2)s1. The van der Waals surface area contributed by atoms with Crippen LogP contribution in [-0.4, -0.2) is 64.8 Å². The van der Waals surface area contributed by atoms with Crippen LogP contribution in [0.15, 0.2) is 60.7 Å². The van der Waals surface area contributed by atoms with Gasteiger partial charge in [0.15, 0.2) is 0 Å². The van der Waals surface area contributed by atoms with E-state index in [1.165, 1.54) is 22.7 Å². The van der Waals surface area contributed by atoms with Gasteiger partial charge in [0.25, 0.3) is 0 Å². The number of hydrogen-bond acceptors (Lipinski definition) is 12. The molecule has 2 heterocycles. The van der Waals surface area contributed by atoms with Crippen LogP contribution in [0.25, 0.3) is 0 Å². The number of nitrogens with one attached hydrogen (secondary N) is 2. The molecular weight excluding hydrogens is 580 g/mol. The first-order chi connectivity index (χ1) is 20.3. The van der Waals surface area contributed by atoms with E-state index in [-0.39, 0.29) is 12.8 Å². The summed E-state index contributed by atoms with van der Waals surface area (Å²) in [6.45, 7) is 0. The van der Waals surface area contributed by atoms with Gasteiger partial charge in [-0.25, -0.2) is 0 Å². The second-order valence-corrected chi connectivity index (χ2v) is 11.7. The Bertz CT molecular complexity index is 1310. The highest BCUT2D eigenvalue weighted by Gasteiger charge is 2.23. The molecule has 2 aromatic heterocycles. The van der Waals surface area contributed by atoms with Gasteiger partial charge in [0.05, 0.1) is 25.0 Å². The number of rotatable bonds is 15. The molecule has 4 atom stereocenters. The highest BCUT2D eigenvalue weighted by Crippen LogP contribution is 2.23. The number of aryl methyl sites for hydroxylation is 2. The molecule has 12 nitrogen and oxygen atoms in total. The summed E-state index contributed by atoms with van der Waals surface area (Å²) in [6.07, 6.45) is -2.56. The maximum absolute atomic E-state index is 12.3. The van der Waals surface area contributed by atoms with Crippen LogP contribution in [0.2, 0.25) is 0 Å². The van der Waals surface area contributed by atoms with Crippen molar-refractivity contribution in [2.75, 3.05) is 10.6 Å². The van der Waals surface area contributed by atoms with Crippen LogP contribution in [0.4, 0.5) is 10.3 Å². The Balaban J connectivity index is 1.13. The van der Waals surface area contributed by atoms with Gasteiger partial charge in [-0.15, -0.1) is 20.4 Å². The molecule has 2 aromatic carbocycles. The Kier molecular flexibility index (Phi) is 11.6. The zero-order chi connectivity index (χ0) is 29.9. The van der Waals surface area contributed by atoms with Gasteiger partial charge >= 0.3 is 0 Å².